The van der Waals surface area contributed by atoms with Gasteiger partial charge in [-0.2, -0.15) is 4.31 Å². The number of furan rings is 1. The number of hydrogen-bond acceptors (Lipinski definition) is 9. The normalized spacial score (nSPS) is 18.6. The number of morpholine rings is 1. The van der Waals surface area contributed by atoms with Crippen LogP contribution in [0, 0.1) is 0 Å². The molecular formula is C23H24ClN3O9S. The molecule has 0 unspecified atom stereocenters. The quantitative estimate of drug-likeness (QED) is 0.467. The molecule has 1 aromatic heterocycles. The second-order valence-corrected chi connectivity index (χ2v) is 10.2. The molecule has 198 valence electrons. The number of benzene rings is 1. The molecule has 1 aromatic carbocycles. The Kier molecular flexibility index (Phi) is 8.17. The summed E-state index contributed by atoms with van der Waals surface area (Å²) >= 11 is 6.16. The number of sulfonamides is 1. The molecule has 0 spiro atoms. The third kappa shape index (κ3) is 5.80. The fraction of sp³-hybridized carbons (Fsp3) is 0.348. The molecule has 1 atom stereocenters. The number of nitrogens with zero attached hydrogens (tertiary/aromatic N) is 1. The van der Waals surface area contributed by atoms with Gasteiger partial charge in [0, 0.05) is 13.1 Å². The lowest BCUT2D eigenvalue weighted by atomic mass is 10.0. The van der Waals surface area contributed by atoms with Crippen molar-refractivity contribution in [3.63, 3.8) is 0 Å². The van der Waals surface area contributed by atoms with Crippen molar-refractivity contribution in [2.75, 3.05) is 39.5 Å². The third-order valence-corrected chi connectivity index (χ3v) is 7.96. The van der Waals surface area contributed by atoms with E-state index in [0.717, 1.165) is 6.07 Å². The summed E-state index contributed by atoms with van der Waals surface area (Å²) < 4.78 is 48.4. The highest BCUT2D eigenvalue weighted by molar-refractivity contribution is 7.89. The standard InChI is InChI=1S/C23H24ClN3O9S/c1-2-34-22(29)19-16(25-23(30)26-20(19)17-4-3-9-35-17)13-36-21(28)14-5-6-15(24)18(12-14)37(31,32)27-7-10-33-11-8-27/h3-6,9,12,20H,2,7-8,10-11,13H2,1H3,(H2,25,26,30)/t20-/m0/s1. The van der Waals surface area contributed by atoms with Gasteiger partial charge in [0.15, 0.2) is 0 Å². The molecule has 2 N–H and O–H groups in total. The van der Waals surface area contributed by atoms with E-state index in [1.54, 1.807) is 19.1 Å². The summed E-state index contributed by atoms with van der Waals surface area (Å²) in [7, 11) is -3.98. The molecule has 37 heavy (non-hydrogen) atoms. The van der Waals surface area contributed by atoms with Crippen LogP contribution in [0.2, 0.25) is 5.02 Å². The lowest BCUT2D eigenvalue weighted by molar-refractivity contribution is -0.139. The molecule has 4 rings (SSSR count). The Labute approximate surface area is 217 Å². The maximum atomic E-state index is 13.1. The Bertz CT molecular complexity index is 1320. The maximum Gasteiger partial charge on any atom is 0.338 e. The number of hydrogen-bond donors (Lipinski definition) is 2. The number of urea groups is 1. The van der Waals surface area contributed by atoms with Crippen LogP contribution in [0.1, 0.15) is 29.1 Å². The molecular weight excluding hydrogens is 530 g/mol. The fourth-order valence-corrected chi connectivity index (χ4v) is 5.73. The van der Waals surface area contributed by atoms with E-state index >= 15 is 0 Å². The van der Waals surface area contributed by atoms with E-state index in [9.17, 15) is 22.8 Å². The van der Waals surface area contributed by atoms with E-state index in [-0.39, 0.29) is 65.4 Å². The van der Waals surface area contributed by atoms with Crippen LogP contribution in [0.4, 0.5) is 4.79 Å². The van der Waals surface area contributed by atoms with Crippen LogP contribution in [0.25, 0.3) is 0 Å². The largest absolute Gasteiger partial charge is 0.467 e. The zero-order chi connectivity index (χ0) is 26.6. The van der Waals surface area contributed by atoms with Crippen molar-refractivity contribution in [1.29, 1.82) is 0 Å². The number of carbonyl (C=O) groups is 3. The Balaban J connectivity index is 1.59. The highest BCUT2D eigenvalue weighted by Crippen LogP contribution is 2.29. The van der Waals surface area contributed by atoms with Gasteiger partial charge in [-0.1, -0.05) is 11.6 Å². The van der Waals surface area contributed by atoms with Crippen molar-refractivity contribution >= 4 is 39.6 Å². The zero-order valence-electron chi connectivity index (χ0n) is 19.7. The lowest BCUT2D eigenvalue weighted by Gasteiger charge is -2.27. The van der Waals surface area contributed by atoms with Gasteiger partial charge in [-0.15, -0.1) is 0 Å². The van der Waals surface area contributed by atoms with Gasteiger partial charge in [0.05, 0.1) is 47.9 Å². The molecule has 2 amide bonds. The number of halogens is 1. The first-order valence-corrected chi connectivity index (χ1v) is 13.1. The zero-order valence-corrected chi connectivity index (χ0v) is 21.3. The summed E-state index contributed by atoms with van der Waals surface area (Å²) in [6.07, 6.45) is 1.38. The second-order valence-electron chi connectivity index (χ2n) is 7.90. The molecule has 1 fully saturated rings. The highest BCUT2D eigenvalue weighted by atomic mass is 35.5. The van der Waals surface area contributed by atoms with Crippen molar-refractivity contribution in [2.45, 2.75) is 17.9 Å². The molecule has 12 nitrogen and oxygen atoms in total. The highest BCUT2D eigenvalue weighted by Gasteiger charge is 2.36. The molecule has 2 aliphatic rings. The van der Waals surface area contributed by atoms with E-state index in [4.69, 9.17) is 30.2 Å². The van der Waals surface area contributed by atoms with Crippen LogP contribution >= 0.6 is 11.6 Å². The molecule has 2 aliphatic heterocycles. The monoisotopic (exact) mass is 553 g/mol. The third-order valence-electron chi connectivity index (χ3n) is 5.58. The maximum absolute atomic E-state index is 13.1. The summed E-state index contributed by atoms with van der Waals surface area (Å²) in [5.74, 6) is -1.36. The molecule has 1 saturated heterocycles. The van der Waals surface area contributed by atoms with Crippen LogP contribution in [0.15, 0.2) is 57.2 Å². The number of ether oxygens (including phenoxy) is 3. The van der Waals surface area contributed by atoms with Crippen LogP contribution in [0.5, 0.6) is 0 Å². The van der Waals surface area contributed by atoms with Gasteiger partial charge in [0.1, 0.15) is 23.3 Å². The predicted molar refractivity (Wildman–Crippen MR) is 128 cm³/mol. The van der Waals surface area contributed by atoms with E-state index < -0.39 is 40.6 Å². The van der Waals surface area contributed by atoms with Gasteiger partial charge in [-0.3, -0.25) is 0 Å². The van der Waals surface area contributed by atoms with Crippen molar-refractivity contribution in [3.05, 3.63) is 64.2 Å². The minimum Gasteiger partial charge on any atom is -0.467 e. The Morgan fingerprint density at radius 2 is 1.92 bits per heavy atom. The molecule has 2 aromatic rings. The van der Waals surface area contributed by atoms with Crippen molar-refractivity contribution in [3.8, 4) is 0 Å². The summed E-state index contributed by atoms with van der Waals surface area (Å²) in [4.78, 5) is 37.6. The molecule has 0 bridgehead atoms. The van der Waals surface area contributed by atoms with Gasteiger partial charge in [0.2, 0.25) is 10.0 Å². The number of carbonyl (C=O) groups excluding carboxylic acids is 3. The molecule has 14 heteroatoms. The first kappa shape index (κ1) is 26.7. The van der Waals surface area contributed by atoms with Crippen LogP contribution in [-0.2, 0) is 29.0 Å². The van der Waals surface area contributed by atoms with E-state index in [1.807, 2.05) is 0 Å². The van der Waals surface area contributed by atoms with E-state index in [2.05, 4.69) is 10.6 Å². The molecule has 0 saturated carbocycles. The van der Waals surface area contributed by atoms with E-state index in [1.165, 1.54) is 22.7 Å². The Morgan fingerprint density at radius 1 is 1.16 bits per heavy atom. The lowest BCUT2D eigenvalue weighted by Crippen LogP contribution is -2.47. The topological polar surface area (TPSA) is 153 Å². The number of amides is 2. The number of rotatable bonds is 8. The summed E-state index contributed by atoms with van der Waals surface area (Å²) in [6.45, 7) is 1.99. The van der Waals surface area contributed by atoms with Crippen molar-refractivity contribution < 1.29 is 41.4 Å². The Hall–Kier alpha value is -3.39. The van der Waals surface area contributed by atoms with Gasteiger partial charge in [-0.25, -0.2) is 22.8 Å². The minimum absolute atomic E-state index is 0.00381. The van der Waals surface area contributed by atoms with Crippen LogP contribution in [0.3, 0.4) is 0 Å². The summed E-state index contributed by atoms with van der Waals surface area (Å²) in [6, 6.07) is 5.27. The fourth-order valence-electron chi connectivity index (χ4n) is 3.83. The first-order chi connectivity index (χ1) is 17.7. The number of nitrogens with one attached hydrogen (secondary N) is 2. The van der Waals surface area contributed by atoms with Crippen LogP contribution < -0.4 is 10.6 Å². The first-order valence-electron chi connectivity index (χ1n) is 11.3. The molecule has 3 heterocycles. The average molecular weight is 554 g/mol. The number of esters is 2. The minimum atomic E-state index is -3.98. The second kappa shape index (κ2) is 11.3. The van der Waals surface area contributed by atoms with Gasteiger partial charge >= 0.3 is 18.0 Å². The SMILES string of the molecule is CCOC(=O)C1=C(COC(=O)c2ccc(Cl)c(S(=O)(=O)N3CCOCC3)c2)NC(=O)N[C@H]1c1ccco1. The summed E-state index contributed by atoms with van der Waals surface area (Å²) in [5.41, 5.74) is -0.0969. The molecule has 0 radical (unpaired) electrons. The van der Waals surface area contributed by atoms with Gasteiger partial charge in [-0.05, 0) is 37.3 Å². The van der Waals surface area contributed by atoms with Gasteiger partial charge < -0.3 is 29.3 Å². The van der Waals surface area contributed by atoms with Crippen LogP contribution in [-0.4, -0.2) is 70.2 Å². The smallest absolute Gasteiger partial charge is 0.338 e. The average Bonchev–Trinajstić information content (AvgIpc) is 3.43. The predicted octanol–water partition coefficient (Wildman–Crippen LogP) is 1.98. The van der Waals surface area contributed by atoms with Crippen molar-refractivity contribution in [1.82, 2.24) is 14.9 Å². The van der Waals surface area contributed by atoms with Crippen molar-refractivity contribution in [2.24, 2.45) is 0 Å². The van der Waals surface area contributed by atoms with E-state index in [0.29, 0.717) is 0 Å². The molecule has 0 aliphatic carbocycles. The van der Waals surface area contributed by atoms with Gasteiger partial charge in [0.25, 0.3) is 0 Å². The Morgan fingerprint density at radius 3 is 2.59 bits per heavy atom. The summed E-state index contributed by atoms with van der Waals surface area (Å²) in [5, 5.41) is 4.99.